The smallest absolute Gasteiger partial charge is 0.231 e. The third kappa shape index (κ3) is 5.33. The third-order valence-electron chi connectivity index (χ3n) is 6.18. The number of carbonyl (C=O) groups is 1. The Bertz CT molecular complexity index is 840. The maximum Gasteiger partial charge on any atom is 0.231 e. The predicted molar refractivity (Wildman–Crippen MR) is 118 cm³/mol. The zero-order chi connectivity index (χ0) is 20.8. The molecule has 0 N–H and O–H groups in total. The highest BCUT2D eigenvalue weighted by Gasteiger charge is 2.20. The molecule has 5 nitrogen and oxygen atoms in total. The second-order valence-corrected chi connectivity index (χ2v) is 8.40. The lowest BCUT2D eigenvalue weighted by Gasteiger charge is -2.34. The van der Waals surface area contributed by atoms with E-state index in [2.05, 4.69) is 11.8 Å². The molecule has 2 heterocycles. The summed E-state index contributed by atoms with van der Waals surface area (Å²) in [7, 11) is 0. The number of hydrogen-bond donors (Lipinski definition) is 0. The number of benzene rings is 2. The maximum absolute atomic E-state index is 13.2. The molecule has 0 saturated carbocycles. The number of nitrogens with zero attached hydrogens (tertiary/aromatic N) is 2. The maximum atomic E-state index is 13.2. The fourth-order valence-electron chi connectivity index (χ4n) is 4.39. The molecule has 1 amide bonds. The number of amides is 1. The van der Waals surface area contributed by atoms with Gasteiger partial charge in [0.25, 0.3) is 0 Å². The van der Waals surface area contributed by atoms with E-state index in [0.717, 1.165) is 42.1 Å². The first-order valence-electron chi connectivity index (χ1n) is 11.1. The van der Waals surface area contributed by atoms with Gasteiger partial charge in [0.15, 0.2) is 11.5 Å². The Balaban J connectivity index is 1.40. The van der Waals surface area contributed by atoms with Crippen molar-refractivity contribution in [2.24, 2.45) is 0 Å². The van der Waals surface area contributed by atoms with E-state index in [1.54, 1.807) is 0 Å². The van der Waals surface area contributed by atoms with Gasteiger partial charge in [-0.1, -0.05) is 42.8 Å². The van der Waals surface area contributed by atoms with Crippen molar-refractivity contribution in [1.29, 1.82) is 0 Å². The van der Waals surface area contributed by atoms with Crippen LogP contribution >= 0.6 is 0 Å². The molecule has 1 saturated heterocycles. The number of fused-ring (bicyclic) bond motifs is 1. The third-order valence-corrected chi connectivity index (χ3v) is 6.18. The molecule has 1 unspecified atom stereocenters. The molecule has 0 aromatic heterocycles. The van der Waals surface area contributed by atoms with Crippen molar-refractivity contribution in [3.8, 4) is 11.5 Å². The molecule has 30 heavy (non-hydrogen) atoms. The molecule has 2 aliphatic rings. The quantitative estimate of drug-likeness (QED) is 0.655. The van der Waals surface area contributed by atoms with Crippen LogP contribution in [0.5, 0.6) is 11.5 Å². The second kappa shape index (κ2) is 9.98. The van der Waals surface area contributed by atoms with Crippen LogP contribution in [0.1, 0.15) is 43.7 Å². The lowest BCUT2D eigenvalue weighted by Crippen LogP contribution is -2.40. The standard InChI is InChI=1S/C25H32N2O3/c1-20-8-5-6-13-26(20)14-7-15-27(25(28)17-21-9-3-2-4-10-21)18-22-11-12-23-24(16-22)30-19-29-23/h2-4,9-12,16,20H,5-8,13-15,17-19H2,1H3. The number of rotatable bonds is 8. The van der Waals surface area contributed by atoms with Crippen molar-refractivity contribution in [2.45, 2.75) is 51.6 Å². The fraction of sp³-hybridized carbons (Fsp3) is 0.480. The van der Waals surface area contributed by atoms with Gasteiger partial charge in [-0.05, 0) is 56.0 Å². The number of piperidine rings is 1. The van der Waals surface area contributed by atoms with Gasteiger partial charge in [0.1, 0.15) is 0 Å². The highest BCUT2D eigenvalue weighted by atomic mass is 16.7. The Morgan fingerprint density at radius 2 is 1.90 bits per heavy atom. The number of likely N-dealkylation sites (tertiary alicyclic amines) is 1. The van der Waals surface area contributed by atoms with Crippen LogP contribution in [0.15, 0.2) is 48.5 Å². The molecule has 4 rings (SSSR count). The first kappa shape index (κ1) is 20.7. The van der Waals surface area contributed by atoms with Crippen LogP contribution < -0.4 is 9.47 Å². The fourth-order valence-corrected chi connectivity index (χ4v) is 4.39. The van der Waals surface area contributed by atoms with Gasteiger partial charge < -0.3 is 19.3 Å². The molecular weight excluding hydrogens is 376 g/mol. The van der Waals surface area contributed by atoms with Gasteiger partial charge in [-0.2, -0.15) is 0 Å². The van der Waals surface area contributed by atoms with Gasteiger partial charge in [0.05, 0.1) is 6.42 Å². The largest absolute Gasteiger partial charge is 0.454 e. The van der Waals surface area contributed by atoms with Crippen LogP contribution in [0.2, 0.25) is 0 Å². The monoisotopic (exact) mass is 408 g/mol. The Labute approximate surface area is 179 Å². The lowest BCUT2D eigenvalue weighted by atomic mass is 10.0. The summed E-state index contributed by atoms with van der Waals surface area (Å²) >= 11 is 0. The molecule has 2 aromatic rings. The van der Waals surface area contributed by atoms with E-state index in [-0.39, 0.29) is 12.7 Å². The summed E-state index contributed by atoms with van der Waals surface area (Å²) in [5, 5.41) is 0. The van der Waals surface area contributed by atoms with Crippen molar-refractivity contribution < 1.29 is 14.3 Å². The Morgan fingerprint density at radius 3 is 2.73 bits per heavy atom. The minimum Gasteiger partial charge on any atom is -0.454 e. The average molecular weight is 409 g/mol. The molecule has 2 aliphatic heterocycles. The van der Waals surface area contributed by atoms with Crippen molar-refractivity contribution in [3.05, 3.63) is 59.7 Å². The molecule has 0 aliphatic carbocycles. The van der Waals surface area contributed by atoms with Gasteiger partial charge in [-0.25, -0.2) is 0 Å². The van der Waals surface area contributed by atoms with Gasteiger partial charge in [-0.15, -0.1) is 0 Å². The predicted octanol–water partition coefficient (Wildman–Crippen LogP) is 4.25. The highest BCUT2D eigenvalue weighted by Crippen LogP contribution is 2.32. The van der Waals surface area contributed by atoms with Gasteiger partial charge in [0, 0.05) is 25.7 Å². The van der Waals surface area contributed by atoms with Crippen LogP contribution in [-0.4, -0.2) is 48.2 Å². The zero-order valence-corrected chi connectivity index (χ0v) is 17.9. The molecule has 5 heteroatoms. The zero-order valence-electron chi connectivity index (χ0n) is 17.9. The SMILES string of the molecule is CC1CCCCN1CCCN(Cc1ccc2c(c1)OCO2)C(=O)Cc1ccccc1. The molecule has 160 valence electrons. The number of hydrogen-bond acceptors (Lipinski definition) is 4. The van der Waals surface area contributed by atoms with Crippen LogP contribution in [0.25, 0.3) is 0 Å². The van der Waals surface area contributed by atoms with E-state index in [1.165, 1.54) is 25.8 Å². The number of ether oxygens (including phenoxy) is 2. The van der Waals surface area contributed by atoms with Gasteiger partial charge in [-0.3, -0.25) is 4.79 Å². The van der Waals surface area contributed by atoms with Crippen LogP contribution in [-0.2, 0) is 17.8 Å². The van der Waals surface area contributed by atoms with Crippen LogP contribution in [0.4, 0.5) is 0 Å². The molecule has 2 aromatic carbocycles. The normalized spacial score (nSPS) is 18.4. The molecule has 1 atom stereocenters. The van der Waals surface area contributed by atoms with E-state index in [9.17, 15) is 4.79 Å². The first-order chi connectivity index (χ1) is 14.7. The Morgan fingerprint density at radius 1 is 1.07 bits per heavy atom. The van der Waals surface area contributed by atoms with Gasteiger partial charge >= 0.3 is 0 Å². The van der Waals surface area contributed by atoms with E-state index < -0.39 is 0 Å². The Hall–Kier alpha value is -2.53. The summed E-state index contributed by atoms with van der Waals surface area (Å²) < 4.78 is 10.9. The van der Waals surface area contributed by atoms with Crippen LogP contribution in [0, 0.1) is 0 Å². The Kier molecular flexibility index (Phi) is 6.90. The van der Waals surface area contributed by atoms with Crippen molar-refractivity contribution in [1.82, 2.24) is 9.80 Å². The summed E-state index contributed by atoms with van der Waals surface area (Å²) in [6, 6.07) is 16.6. The molecule has 1 fully saturated rings. The van der Waals surface area contributed by atoms with E-state index in [0.29, 0.717) is 19.0 Å². The lowest BCUT2D eigenvalue weighted by molar-refractivity contribution is -0.131. The molecule has 0 spiro atoms. The minimum atomic E-state index is 0.172. The van der Waals surface area contributed by atoms with Gasteiger partial charge in [0.2, 0.25) is 12.7 Å². The number of carbonyl (C=O) groups excluding carboxylic acids is 1. The van der Waals surface area contributed by atoms with E-state index >= 15 is 0 Å². The summed E-state index contributed by atoms with van der Waals surface area (Å²) in [6.07, 6.45) is 5.34. The molecule has 0 radical (unpaired) electrons. The summed E-state index contributed by atoms with van der Waals surface area (Å²) in [4.78, 5) is 17.7. The molecular formula is C25H32N2O3. The van der Waals surface area contributed by atoms with Crippen LogP contribution in [0.3, 0.4) is 0 Å². The topological polar surface area (TPSA) is 42.0 Å². The summed E-state index contributed by atoms with van der Waals surface area (Å²) in [5.74, 6) is 1.72. The molecule has 0 bridgehead atoms. The van der Waals surface area contributed by atoms with E-state index in [4.69, 9.17) is 9.47 Å². The summed E-state index contributed by atoms with van der Waals surface area (Å²) in [6.45, 7) is 6.19. The second-order valence-electron chi connectivity index (χ2n) is 8.40. The van der Waals surface area contributed by atoms with Crippen molar-refractivity contribution in [3.63, 3.8) is 0 Å². The van der Waals surface area contributed by atoms with E-state index in [1.807, 2.05) is 53.4 Å². The summed E-state index contributed by atoms with van der Waals surface area (Å²) in [5.41, 5.74) is 2.13. The van der Waals surface area contributed by atoms with Crippen molar-refractivity contribution in [2.75, 3.05) is 26.4 Å². The first-order valence-corrected chi connectivity index (χ1v) is 11.1. The minimum absolute atomic E-state index is 0.172. The van der Waals surface area contributed by atoms with Crippen molar-refractivity contribution >= 4 is 5.91 Å². The highest BCUT2D eigenvalue weighted by molar-refractivity contribution is 5.78. The average Bonchev–Trinajstić information content (AvgIpc) is 3.23.